The second-order valence-corrected chi connectivity index (χ2v) is 7.39. The van der Waals surface area contributed by atoms with Crippen LogP contribution in [0, 0.1) is 0 Å². The van der Waals surface area contributed by atoms with Gasteiger partial charge in [0.25, 0.3) is 10.2 Å². The SMILES string of the molecule is CCCN(C)S(=O)(=O)N1CCNCC1c1ccccc1OC. The monoisotopic (exact) mass is 327 g/mol. The highest BCUT2D eigenvalue weighted by Gasteiger charge is 2.36. The number of rotatable bonds is 6. The summed E-state index contributed by atoms with van der Waals surface area (Å²) in [5.74, 6) is 0.717. The first kappa shape index (κ1) is 17.2. The molecule has 6 nitrogen and oxygen atoms in total. The third-order valence-corrected chi connectivity index (χ3v) is 5.92. The van der Waals surface area contributed by atoms with Crippen molar-refractivity contribution in [3.63, 3.8) is 0 Å². The number of nitrogens with one attached hydrogen (secondary N) is 1. The van der Waals surface area contributed by atoms with Gasteiger partial charge in [-0.15, -0.1) is 0 Å². The van der Waals surface area contributed by atoms with Crippen LogP contribution in [0.2, 0.25) is 0 Å². The molecule has 1 saturated heterocycles. The Kier molecular flexibility index (Phi) is 5.80. The number of hydrogen-bond acceptors (Lipinski definition) is 4. The lowest BCUT2D eigenvalue weighted by Crippen LogP contribution is -2.52. The number of hydrogen-bond donors (Lipinski definition) is 1. The van der Waals surface area contributed by atoms with Crippen LogP contribution >= 0.6 is 0 Å². The van der Waals surface area contributed by atoms with E-state index in [0.717, 1.165) is 17.7 Å². The molecule has 1 aliphatic rings. The summed E-state index contributed by atoms with van der Waals surface area (Å²) in [6.45, 7) is 4.19. The van der Waals surface area contributed by atoms with E-state index in [1.807, 2.05) is 31.2 Å². The van der Waals surface area contributed by atoms with Crippen LogP contribution in [-0.2, 0) is 10.2 Å². The van der Waals surface area contributed by atoms with E-state index in [1.165, 1.54) is 4.31 Å². The quantitative estimate of drug-likeness (QED) is 0.854. The zero-order valence-corrected chi connectivity index (χ0v) is 14.3. The summed E-state index contributed by atoms with van der Waals surface area (Å²) in [5.41, 5.74) is 0.894. The van der Waals surface area contributed by atoms with Crippen LogP contribution < -0.4 is 10.1 Å². The first-order valence-corrected chi connectivity index (χ1v) is 8.98. The molecule has 1 fully saturated rings. The molecule has 0 bridgehead atoms. The van der Waals surface area contributed by atoms with Gasteiger partial charge in [-0.1, -0.05) is 25.1 Å². The standard InChI is InChI=1S/C15H25N3O3S/c1-4-10-17(2)22(19,20)18-11-9-16-12-14(18)13-7-5-6-8-15(13)21-3/h5-8,14,16H,4,9-12H2,1-3H3. The fourth-order valence-electron chi connectivity index (χ4n) is 2.78. The van der Waals surface area contributed by atoms with Gasteiger partial charge in [0, 0.05) is 38.8 Å². The zero-order chi connectivity index (χ0) is 16.2. The highest BCUT2D eigenvalue weighted by atomic mass is 32.2. The van der Waals surface area contributed by atoms with Gasteiger partial charge >= 0.3 is 0 Å². The third kappa shape index (κ3) is 3.43. The van der Waals surface area contributed by atoms with Crippen molar-refractivity contribution in [1.29, 1.82) is 0 Å². The summed E-state index contributed by atoms with van der Waals surface area (Å²) in [5, 5.41) is 3.28. The lowest BCUT2D eigenvalue weighted by Gasteiger charge is -2.38. The first-order valence-electron chi connectivity index (χ1n) is 7.59. The Hall–Kier alpha value is -1.15. The number of para-hydroxylation sites is 1. The summed E-state index contributed by atoms with van der Waals surface area (Å²) in [4.78, 5) is 0. The minimum Gasteiger partial charge on any atom is -0.496 e. The molecule has 1 aromatic carbocycles. The maximum absolute atomic E-state index is 12.8. The highest BCUT2D eigenvalue weighted by molar-refractivity contribution is 7.86. The van der Waals surface area contributed by atoms with E-state index in [4.69, 9.17) is 4.74 Å². The van der Waals surface area contributed by atoms with Gasteiger partial charge in [0.2, 0.25) is 0 Å². The van der Waals surface area contributed by atoms with Crippen molar-refractivity contribution in [2.45, 2.75) is 19.4 Å². The largest absolute Gasteiger partial charge is 0.496 e. The van der Waals surface area contributed by atoms with Crippen molar-refractivity contribution in [1.82, 2.24) is 13.9 Å². The van der Waals surface area contributed by atoms with E-state index in [-0.39, 0.29) is 6.04 Å². The van der Waals surface area contributed by atoms with Crippen molar-refractivity contribution in [2.24, 2.45) is 0 Å². The van der Waals surface area contributed by atoms with Gasteiger partial charge in [-0.05, 0) is 12.5 Å². The molecule has 1 heterocycles. The van der Waals surface area contributed by atoms with Gasteiger partial charge in [-0.2, -0.15) is 17.0 Å². The Labute approximate surface area is 133 Å². The van der Waals surface area contributed by atoms with Crippen LogP contribution in [0.1, 0.15) is 24.9 Å². The van der Waals surface area contributed by atoms with Crippen LogP contribution in [0.15, 0.2) is 24.3 Å². The Balaban J connectivity index is 2.36. The molecular weight excluding hydrogens is 302 g/mol. The molecule has 1 unspecified atom stereocenters. The van der Waals surface area contributed by atoms with Crippen molar-refractivity contribution in [3.8, 4) is 5.75 Å². The minimum atomic E-state index is -3.48. The van der Waals surface area contributed by atoms with Gasteiger partial charge in [0.15, 0.2) is 0 Å². The van der Waals surface area contributed by atoms with Gasteiger partial charge in [-0.3, -0.25) is 0 Å². The number of methoxy groups -OCH3 is 1. The summed E-state index contributed by atoms with van der Waals surface area (Å²) in [7, 11) is -0.228. The van der Waals surface area contributed by atoms with E-state index in [2.05, 4.69) is 5.32 Å². The van der Waals surface area contributed by atoms with Crippen LogP contribution in [0.5, 0.6) is 5.75 Å². The van der Waals surface area contributed by atoms with Crippen LogP contribution in [0.25, 0.3) is 0 Å². The molecule has 22 heavy (non-hydrogen) atoms. The molecule has 0 amide bonds. The molecule has 124 valence electrons. The molecule has 0 radical (unpaired) electrons. The Bertz CT molecular complexity index is 591. The molecular formula is C15H25N3O3S. The number of ether oxygens (including phenoxy) is 1. The van der Waals surface area contributed by atoms with Gasteiger partial charge in [0.1, 0.15) is 5.75 Å². The molecule has 7 heteroatoms. The molecule has 1 N–H and O–H groups in total. The maximum atomic E-state index is 12.8. The van der Waals surface area contributed by atoms with Gasteiger partial charge in [-0.25, -0.2) is 0 Å². The van der Waals surface area contributed by atoms with Crippen molar-refractivity contribution in [3.05, 3.63) is 29.8 Å². The zero-order valence-electron chi connectivity index (χ0n) is 13.4. The van der Waals surface area contributed by atoms with Crippen molar-refractivity contribution >= 4 is 10.2 Å². The van der Waals surface area contributed by atoms with Crippen molar-refractivity contribution in [2.75, 3.05) is 40.3 Å². The summed E-state index contributed by atoms with van der Waals surface area (Å²) >= 11 is 0. The van der Waals surface area contributed by atoms with E-state index >= 15 is 0 Å². The Morgan fingerprint density at radius 2 is 2.14 bits per heavy atom. The number of nitrogens with zero attached hydrogens (tertiary/aromatic N) is 2. The minimum absolute atomic E-state index is 0.255. The second kappa shape index (κ2) is 7.41. The van der Waals surface area contributed by atoms with E-state index in [9.17, 15) is 8.42 Å². The smallest absolute Gasteiger partial charge is 0.282 e. The molecule has 1 aromatic rings. The number of piperazine rings is 1. The van der Waals surface area contributed by atoms with Gasteiger partial charge < -0.3 is 10.1 Å². The fourth-order valence-corrected chi connectivity index (χ4v) is 4.38. The normalized spacial score (nSPS) is 20.3. The molecule has 1 aliphatic heterocycles. The van der Waals surface area contributed by atoms with E-state index < -0.39 is 10.2 Å². The van der Waals surface area contributed by atoms with Gasteiger partial charge in [0.05, 0.1) is 13.2 Å². The average Bonchev–Trinajstić information content (AvgIpc) is 2.55. The van der Waals surface area contributed by atoms with E-state index in [0.29, 0.717) is 26.2 Å². The molecule has 0 spiro atoms. The molecule has 0 aromatic heterocycles. The molecule has 1 atom stereocenters. The average molecular weight is 327 g/mol. The van der Waals surface area contributed by atoms with Crippen molar-refractivity contribution < 1.29 is 13.2 Å². The van der Waals surface area contributed by atoms with Crippen LogP contribution in [0.4, 0.5) is 0 Å². The predicted molar refractivity (Wildman–Crippen MR) is 87.2 cm³/mol. The molecule has 2 rings (SSSR count). The summed E-state index contributed by atoms with van der Waals surface area (Å²) in [6.07, 6.45) is 0.793. The molecule has 0 aliphatic carbocycles. The third-order valence-electron chi connectivity index (χ3n) is 3.92. The van der Waals surface area contributed by atoms with Crippen LogP contribution in [-0.4, -0.2) is 57.4 Å². The Morgan fingerprint density at radius 1 is 1.41 bits per heavy atom. The lowest BCUT2D eigenvalue weighted by atomic mass is 10.0. The van der Waals surface area contributed by atoms with E-state index in [1.54, 1.807) is 18.5 Å². The fraction of sp³-hybridized carbons (Fsp3) is 0.600. The second-order valence-electron chi connectivity index (χ2n) is 5.40. The molecule has 0 saturated carbocycles. The summed E-state index contributed by atoms with van der Waals surface area (Å²) < 4.78 is 34.1. The summed E-state index contributed by atoms with van der Waals surface area (Å²) in [6, 6.07) is 7.34. The maximum Gasteiger partial charge on any atom is 0.282 e. The van der Waals surface area contributed by atoms with Crippen LogP contribution in [0.3, 0.4) is 0 Å². The Morgan fingerprint density at radius 3 is 2.82 bits per heavy atom. The number of benzene rings is 1. The topological polar surface area (TPSA) is 61.9 Å². The lowest BCUT2D eigenvalue weighted by molar-refractivity contribution is 0.247. The first-order chi connectivity index (χ1) is 10.5. The predicted octanol–water partition coefficient (Wildman–Crippen LogP) is 1.23. The highest BCUT2D eigenvalue weighted by Crippen LogP contribution is 2.32.